The van der Waals surface area contributed by atoms with Crippen LogP contribution < -0.4 is 24.6 Å². The molecule has 1 atom stereocenters. The number of para-hydroxylation sites is 3. The van der Waals surface area contributed by atoms with E-state index < -0.39 is 23.9 Å². The van der Waals surface area contributed by atoms with Gasteiger partial charge in [-0.25, -0.2) is 4.79 Å². The molecule has 3 aromatic rings. The number of rotatable bonds is 7. The summed E-state index contributed by atoms with van der Waals surface area (Å²) in [6, 6.07) is 21.3. The van der Waals surface area contributed by atoms with E-state index in [4.69, 9.17) is 9.47 Å². The van der Waals surface area contributed by atoms with Crippen molar-refractivity contribution in [2.24, 2.45) is 5.92 Å². The number of carbonyl (C=O) groups is 3. The van der Waals surface area contributed by atoms with Crippen molar-refractivity contribution in [3.8, 4) is 11.5 Å². The third-order valence-electron chi connectivity index (χ3n) is 5.85. The maximum Gasteiger partial charge on any atom is 0.413 e. The van der Waals surface area contributed by atoms with Gasteiger partial charge in [-0.1, -0.05) is 50.2 Å². The summed E-state index contributed by atoms with van der Waals surface area (Å²) < 4.78 is 10.5. The molecule has 4 rings (SSSR count). The summed E-state index contributed by atoms with van der Waals surface area (Å²) in [4.78, 5) is 43.6. The van der Waals surface area contributed by atoms with Crippen LogP contribution in [0, 0.1) is 5.92 Å². The minimum Gasteiger partial charge on any atom is -0.497 e. The van der Waals surface area contributed by atoms with Crippen LogP contribution in [0.1, 0.15) is 20.3 Å². The molecule has 1 aliphatic rings. The van der Waals surface area contributed by atoms with Gasteiger partial charge in [-0.3, -0.25) is 14.5 Å². The lowest BCUT2D eigenvalue weighted by molar-refractivity contribution is -0.128. The van der Waals surface area contributed by atoms with Gasteiger partial charge in [-0.15, -0.1) is 0 Å². The first-order valence-corrected chi connectivity index (χ1v) is 11.8. The van der Waals surface area contributed by atoms with Gasteiger partial charge in [0.25, 0.3) is 11.8 Å². The van der Waals surface area contributed by atoms with Crippen LogP contribution in [0.3, 0.4) is 0 Å². The Kier molecular flexibility index (Phi) is 7.53. The number of hydrogen-bond donors (Lipinski definition) is 1. The summed E-state index contributed by atoms with van der Waals surface area (Å²) in [5, 5.41) is 2.51. The molecule has 1 aliphatic heterocycles. The molecule has 0 bridgehead atoms. The largest absolute Gasteiger partial charge is 0.497 e. The van der Waals surface area contributed by atoms with Crippen LogP contribution in [0.25, 0.3) is 0 Å². The quantitative estimate of drug-likeness (QED) is 0.479. The minimum absolute atomic E-state index is 0.222. The zero-order chi connectivity index (χ0) is 25.7. The molecule has 0 saturated heterocycles. The fourth-order valence-corrected chi connectivity index (χ4v) is 4.01. The van der Waals surface area contributed by atoms with E-state index in [0.29, 0.717) is 35.3 Å². The summed E-state index contributed by atoms with van der Waals surface area (Å²) in [7, 11) is 1.50. The molecular weight excluding hydrogens is 458 g/mol. The third kappa shape index (κ3) is 5.33. The predicted octanol–water partition coefficient (Wildman–Crippen LogP) is 4.91. The summed E-state index contributed by atoms with van der Waals surface area (Å²) in [5.74, 6) is -0.0336. The molecule has 8 nitrogen and oxygen atoms in total. The third-order valence-corrected chi connectivity index (χ3v) is 5.85. The second-order valence-electron chi connectivity index (χ2n) is 8.82. The van der Waals surface area contributed by atoms with Crippen molar-refractivity contribution in [1.82, 2.24) is 5.32 Å². The topological polar surface area (TPSA) is 88.2 Å². The standard InChI is InChI=1S/C28H29N3O5/c1-19(2)16-17-30-23-14-7-8-15-24(23)31(20-10-5-4-6-11-20)27(33)25(26(30)32)29-28(34)36-22-13-9-12-21(18-22)35-3/h4-15,18-19,25H,16-17H2,1-3H3,(H,29,34). The fraction of sp³-hybridized carbons (Fsp3) is 0.250. The molecule has 3 amide bonds. The number of benzene rings is 3. The van der Waals surface area contributed by atoms with Crippen molar-refractivity contribution >= 4 is 35.0 Å². The highest BCUT2D eigenvalue weighted by Gasteiger charge is 2.42. The molecule has 8 heteroatoms. The lowest BCUT2D eigenvalue weighted by Crippen LogP contribution is -2.55. The number of fused-ring (bicyclic) bond motifs is 1. The first kappa shape index (κ1) is 24.8. The molecule has 0 aromatic heterocycles. The second-order valence-corrected chi connectivity index (χ2v) is 8.82. The first-order valence-electron chi connectivity index (χ1n) is 11.8. The van der Waals surface area contributed by atoms with Crippen LogP contribution in [0.15, 0.2) is 78.9 Å². The predicted molar refractivity (Wildman–Crippen MR) is 138 cm³/mol. The average Bonchev–Trinajstić information content (AvgIpc) is 2.96. The molecule has 0 aliphatic carbocycles. The van der Waals surface area contributed by atoms with Gasteiger partial charge < -0.3 is 19.7 Å². The number of ether oxygens (including phenoxy) is 2. The summed E-state index contributed by atoms with van der Waals surface area (Å²) in [5.41, 5.74) is 1.75. The van der Waals surface area contributed by atoms with Gasteiger partial charge in [-0.05, 0) is 48.7 Å². The number of methoxy groups -OCH3 is 1. The number of hydrogen-bond acceptors (Lipinski definition) is 5. The molecule has 36 heavy (non-hydrogen) atoms. The number of anilines is 3. The Morgan fingerprint density at radius 2 is 1.56 bits per heavy atom. The molecule has 1 heterocycles. The van der Waals surface area contributed by atoms with Crippen molar-refractivity contribution in [3.05, 3.63) is 78.9 Å². The van der Waals surface area contributed by atoms with Gasteiger partial charge in [0.1, 0.15) is 11.5 Å². The van der Waals surface area contributed by atoms with Gasteiger partial charge in [0, 0.05) is 18.3 Å². The molecule has 3 aromatic carbocycles. The smallest absolute Gasteiger partial charge is 0.413 e. The van der Waals surface area contributed by atoms with Gasteiger partial charge in [-0.2, -0.15) is 0 Å². The van der Waals surface area contributed by atoms with Gasteiger partial charge in [0.05, 0.1) is 18.5 Å². The minimum atomic E-state index is -1.48. The Hall–Kier alpha value is -4.33. The Morgan fingerprint density at radius 3 is 2.25 bits per heavy atom. The number of nitrogens with one attached hydrogen (secondary N) is 1. The van der Waals surface area contributed by atoms with Gasteiger partial charge >= 0.3 is 6.09 Å². The van der Waals surface area contributed by atoms with E-state index in [-0.39, 0.29) is 5.75 Å². The number of carbonyl (C=O) groups excluding carboxylic acids is 3. The lowest BCUT2D eigenvalue weighted by atomic mass is 10.1. The fourth-order valence-electron chi connectivity index (χ4n) is 4.01. The van der Waals surface area contributed by atoms with E-state index >= 15 is 0 Å². The second kappa shape index (κ2) is 10.9. The molecule has 0 radical (unpaired) electrons. The van der Waals surface area contributed by atoms with Crippen LogP contribution in [-0.4, -0.2) is 37.6 Å². The zero-order valence-corrected chi connectivity index (χ0v) is 20.5. The molecular formula is C28H29N3O5. The van der Waals surface area contributed by atoms with Crippen LogP contribution in [0.5, 0.6) is 11.5 Å². The van der Waals surface area contributed by atoms with Crippen LogP contribution in [0.4, 0.5) is 21.9 Å². The molecule has 0 spiro atoms. The Labute approximate surface area is 210 Å². The summed E-state index contributed by atoms with van der Waals surface area (Å²) in [6.07, 6.45) is -0.196. The van der Waals surface area contributed by atoms with E-state index in [2.05, 4.69) is 19.2 Å². The molecule has 0 saturated carbocycles. The van der Waals surface area contributed by atoms with Crippen LogP contribution in [0.2, 0.25) is 0 Å². The highest BCUT2D eigenvalue weighted by atomic mass is 16.6. The van der Waals surface area contributed by atoms with E-state index in [1.54, 1.807) is 41.3 Å². The molecule has 1 unspecified atom stereocenters. The van der Waals surface area contributed by atoms with Crippen molar-refractivity contribution in [2.75, 3.05) is 23.5 Å². The van der Waals surface area contributed by atoms with Gasteiger partial charge in [0.2, 0.25) is 0 Å². The number of amides is 3. The van der Waals surface area contributed by atoms with Gasteiger partial charge in [0.15, 0.2) is 6.04 Å². The van der Waals surface area contributed by atoms with Crippen LogP contribution in [-0.2, 0) is 9.59 Å². The summed E-state index contributed by atoms with van der Waals surface area (Å²) in [6.45, 7) is 4.53. The highest BCUT2D eigenvalue weighted by molar-refractivity contribution is 6.23. The van der Waals surface area contributed by atoms with Crippen LogP contribution >= 0.6 is 0 Å². The maximum atomic E-state index is 13.9. The Balaban J connectivity index is 1.72. The van der Waals surface area contributed by atoms with E-state index in [0.717, 1.165) is 6.42 Å². The average molecular weight is 488 g/mol. The van der Waals surface area contributed by atoms with E-state index in [1.165, 1.54) is 18.1 Å². The van der Waals surface area contributed by atoms with Crippen molar-refractivity contribution in [2.45, 2.75) is 26.3 Å². The number of nitrogens with zero attached hydrogens (tertiary/aromatic N) is 2. The highest BCUT2D eigenvalue weighted by Crippen LogP contribution is 2.38. The van der Waals surface area contributed by atoms with Crippen molar-refractivity contribution in [1.29, 1.82) is 0 Å². The van der Waals surface area contributed by atoms with Crippen molar-refractivity contribution < 1.29 is 23.9 Å². The van der Waals surface area contributed by atoms with E-state index in [9.17, 15) is 14.4 Å². The van der Waals surface area contributed by atoms with E-state index in [1.807, 2.05) is 36.4 Å². The first-order chi connectivity index (χ1) is 17.4. The Morgan fingerprint density at radius 1 is 0.889 bits per heavy atom. The lowest BCUT2D eigenvalue weighted by Gasteiger charge is -2.26. The normalized spacial score (nSPS) is 15.4. The molecule has 0 fully saturated rings. The maximum absolute atomic E-state index is 13.9. The van der Waals surface area contributed by atoms with Crippen molar-refractivity contribution in [3.63, 3.8) is 0 Å². The monoisotopic (exact) mass is 487 g/mol. The summed E-state index contributed by atoms with van der Waals surface area (Å²) >= 11 is 0. The Bertz CT molecular complexity index is 1240. The zero-order valence-electron chi connectivity index (χ0n) is 20.5. The SMILES string of the molecule is COc1cccc(OC(=O)NC2C(=O)N(CCC(C)C)c3ccccc3N(c3ccccc3)C2=O)c1. The molecule has 186 valence electrons. The molecule has 1 N–H and O–H groups in total.